The quantitative estimate of drug-likeness (QED) is 0.295. The van der Waals surface area contributed by atoms with Gasteiger partial charge in [-0.1, -0.05) is 5.92 Å². The molecule has 9 nitrogen and oxygen atoms in total. The summed E-state index contributed by atoms with van der Waals surface area (Å²) in [5.74, 6) is 5.09. The van der Waals surface area contributed by atoms with Gasteiger partial charge in [0.1, 0.15) is 11.2 Å². The number of alkyl carbamates (subject to hydrolysis) is 2. The molecule has 0 aromatic heterocycles. The Morgan fingerprint density at radius 3 is 1.88 bits per heavy atom. The summed E-state index contributed by atoms with van der Waals surface area (Å²) >= 11 is 0. The highest BCUT2D eigenvalue weighted by Gasteiger charge is 2.17. The van der Waals surface area contributed by atoms with Gasteiger partial charge in [0, 0.05) is 38.5 Å². The van der Waals surface area contributed by atoms with Gasteiger partial charge in [-0.2, -0.15) is 0 Å². The Morgan fingerprint density at radius 2 is 1.47 bits per heavy atom. The van der Waals surface area contributed by atoms with Crippen molar-refractivity contribution in [2.45, 2.75) is 78.9 Å². The van der Waals surface area contributed by atoms with Crippen molar-refractivity contribution in [1.82, 2.24) is 15.5 Å². The number of carbonyl (C=O) groups excluding carboxylic acids is 3. The molecule has 0 rings (SSSR count). The Balaban J connectivity index is 0. The molecule has 0 saturated heterocycles. The van der Waals surface area contributed by atoms with E-state index in [-0.39, 0.29) is 12.5 Å². The van der Waals surface area contributed by atoms with E-state index in [0.717, 1.165) is 0 Å². The zero-order chi connectivity index (χ0) is 25.2. The molecular weight excluding hydrogens is 412 g/mol. The molecule has 4 N–H and O–H groups in total. The van der Waals surface area contributed by atoms with Crippen LogP contribution in [0.5, 0.6) is 0 Å². The Bertz CT molecular complexity index is 676. The lowest BCUT2D eigenvalue weighted by Gasteiger charge is -2.20. The third-order valence-electron chi connectivity index (χ3n) is 3.08. The lowest BCUT2D eigenvalue weighted by Crippen LogP contribution is -2.38. The number of terminal acetylenes is 1. The number of nitrogens with two attached hydrogens (primary N) is 1. The largest absolute Gasteiger partial charge is 0.444 e. The smallest absolute Gasteiger partial charge is 0.407 e. The molecule has 0 heterocycles. The summed E-state index contributed by atoms with van der Waals surface area (Å²) in [5, 5.41) is 5.10. The number of hydrogen-bond acceptors (Lipinski definition) is 6. The fourth-order valence-corrected chi connectivity index (χ4v) is 1.93. The standard InChI is InChI=1S/C16H24N2O3.C7H16N2O2/c1-6-8-9-10-14(19)18(12-7-2)13-11-17-15(20)21-16(3,4)5;1-7(2,3)11-6(10)9-5-4-8/h1H,8-11,13H2,2-5H3,(H,17,20);4-5,8H2,1-3H3,(H,9,10). The molecule has 0 aliphatic heterocycles. The molecule has 32 heavy (non-hydrogen) atoms. The maximum atomic E-state index is 11.9. The van der Waals surface area contributed by atoms with E-state index in [1.165, 1.54) is 4.90 Å². The van der Waals surface area contributed by atoms with E-state index < -0.39 is 23.4 Å². The van der Waals surface area contributed by atoms with Gasteiger partial charge in [0.15, 0.2) is 0 Å². The van der Waals surface area contributed by atoms with Gasteiger partial charge in [-0.05, 0) is 54.9 Å². The molecule has 0 aliphatic carbocycles. The third-order valence-corrected chi connectivity index (χ3v) is 3.08. The van der Waals surface area contributed by atoms with Gasteiger partial charge in [0.05, 0.1) is 6.54 Å². The molecule has 182 valence electrons. The van der Waals surface area contributed by atoms with Gasteiger partial charge in [-0.25, -0.2) is 9.59 Å². The van der Waals surface area contributed by atoms with E-state index in [4.69, 9.17) is 21.6 Å². The maximum Gasteiger partial charge on any atom is 0.407 e. The van der Waals surface area contributed by atoms with Gasteiger partial charge in [0.2, 0.25) is 5.91 Å². The van der Waals surface area contributed by atoms with Crippen molar-refractivity contribution in [2.75, 3.05) is 26.2 Å². The monoisotopic (exact) mass is 452 g/mol. The van der Waals surface area contributed by atoms with Crippen LogP contribution in [0.3, 0.4) is 0 Å². The summed E-state index contributed by atoms with van der Waals surface area (Å²) in [5.41, 5.74) is 4.19. The number of nitrogens with one attached hydrogen (secondary N) is 2. The highest BCUT2D eigenvalue weighted by molar-refractivity contribution is 5.78. The molecular formula is C23H40N4O5. The number of amides is 3. The Hall–Kier alpha value is -2.91. The van der Waals surface area contributed by atoms with Crippen molar-refractivity contribution >= 4 is 18.1 Å². The first-order valence-electron chi connectivity index (χ1n) is 10.6. The number of nitrogens with zero attached hydrogens (tertiary/aromatic N) is 1. The zero-order valence-electron chi connectivity index (χ0n) is 20.6. The molecule has 0 aromatic carbocycles. The van der Waals surface area contributed by atoms with Gasteiger partial charge in [-0.15, -0.1) is 12.3 Å². The van der Waals surface area contributed by atoms with E-state index in [1.54, 1.807) is 27.7 Å². The molecule has 0 aromatic rings. The molecule has 0 aliphatic rings. The van der Waals surface area contributed by atoms with Crippen LogP contribution in [0, 0.1) is 24.3 Å². The molecule has 0 fully saturated rings. The van der Waals surface area contributed by atoms with Crippen LogP contribution in [0.25, 0.3) is 0 Å². The van der Waals surface area contributed by atoms with Crippen LogP contribution in [0.15, 0.2) is 0 Å². The number of hydrogen-bond donors (Lipinski definition) is 3. The van der Waals surface area contributed by atoms with Crippen LogP contribution in [-0.2, 0) is 14.3 Å². The SMILES string of the molecule is C#CCCCC(=O)N(C#CC)CCNC(=O)OC(C)(C)C.CC(C)(C)OC(=O)NCCN. The second kappa shape index (κ2) is 16.7. The fraction of sp³-hybridized carbons (Fsp3) is 0.696. The molecule has 0 spiro atoms. The minimum atomic E-state index is -0.544. The van der Waals surface area contributed by atoms with Crippen molar-refractivity contribution in [2.24, 2.45) is 5.73 Å². The van der Waals surface area contributed by atoms with E-state index in [1.807, 2.05) is 20.8 Å². The summed E-state index contributed by atoms with van der Waals surface area (Å²) in [7, 11) is 0. The van der Waals surface area contributed by atoms with Crippen LogP contribution in [0.1, 0.15) is 67.7 Å². The molecule has 0 radical (unpaired) electrons. The average Bonchev–Trinajstić information content (AvgIpc) is 2.63. The number of rotatable bonds is 8. The van der Waals surface area contributed by atoms with Crippen molar-refractivity contribution < 1.29 is 23.9 Å². The van der Waals surface area contributed by atoms with Gasteiger partial charge in [0.25, 0.3) is 0 Å². The summed E-state index contributed by atoms with van der Waals surface area (Å²) < 4.78 is 10.0. The van der Waals surface area contributed by atoms with Crippen molar-refractivity contribution in [3.63, 3.8) is 0 Å². The predicted octanol–water partition coefficient (Wildman–Crippen LogP) is 2.59. The number of unbranched alkanes of at least 4 members (excludes halogenated alkanes) is 1. The van der Waals surface area contributed by atoms with Crippen LogP contribution in [-0.4, -0.2) is 60.4 Å². The van der Waals surface area contributed by atoms with Crippen molar-refractivity contribution in [3.8, 4) is 24.3 Å². The Morgan fingerprint density at radius 1 is 0.969 bits per heavy atom. The molecule has 0 saturated carbocycles. The van der Waals surface area contributed by atoms with Crippen LogP contribution in [0.2, 0.25) is 0 Å². The van der Waals surface area contributed by atoms with Crippen LogP contribution < -0.4 is 16.4 Å². The van der Waals surface area contributed by atoms with Crippen LogP contribution in [0.4, 0.5) is 9.59 Å². The molecule has 3 amide bonds. The summed E-state index contributed by atoms with van der Waals surface area (Å²) in [6.45, 7) is 13.9. The highest BCUT2D eigenvalue weighted by atomic mass is 16.6. The molecule has 9 heteroatoms. The maximum absolute atomic E-state index is 11.9. The normalized spacial score (nSPS) is 10.2. The Kier molecular flexibility index (Phi) is 16.4. The highest BCUT2D eigenvalue weighted by Crippen LogP contribution is 2.07. The minimum absolute atomic E-state index is 0.0920. The van der Waals surface area contributed by atoms with Gasteiger partial charge < -0.3 is 25.8 Å². The minimum Gasteiger partial charge on any atom is -0.444 e. The second-order valence-electron chi connectivity index (χ2n) is 8.61. The molecule has 0 atom stereocenters. The summed E-state index contributed by atoms with van der Waals surface area (Å²) in [4.78, 5) is 35.6. The number of ether oxygens (including phenoxy) is 2. The molecule has 0 bridgehead atoms. The predicted molar refractivity (Wildman–Crippen MR) is 125 cm³/mol. The average molecular weight is 453 g/mol. The summed E-state index contributed by atoms with van der Waals surface area (Å²) in [6, 6.07) is 2.72. The fourth-order valence-electron chi connectivity index (χ4n) is 1.93. The van der Waals surface area contributed by atoms with E-state index >= 15 is 0 Å². The number of carbonyl (C=O) groups is 3. The third kappa shape index (κ3) is 21.8. The van der Waals surface area contributed by atoms with Crippen molar-refractivity contribution in [3.05, 3.63) is 0 Å². The van der Waals surface area contributed by atoms with Crippen molar-refractivity contribution in [1.29, 1.82) is 0 Å². The second-order valence-corrected chi connectivity index (χ2v) is 8.61. The Labute approximate surface area is 193 Å². The zero-order valence-corrected chi connectivity index (χ0v) is 20.6. The van der Waals surface area contributed by atoms with E-state index in [9.17, 15) is 14.4 Å². The van der Waals surface area contributed by atoms with Crippen LogP contribution >= 0.6 is 0 Å². The first-order chi connectivity index (χ1) is 14.8. The lowest BCUT2D eigenvalue weighted by molar-refractivity contribution is -0.128. The van der Waals surface area contributed by atoms with Gasteiger partial charge >= 0.3 is 12.2 Å². The first kappa shape index (κ1) is 31.3. The lowest BCUT2D eigenvalue weighted by atomic mass is 10.2. The topological polar surface area (TPSA) is 123 Å². The van der Waals surface area contributed by atoms with E-state index in [0.29, 0.717) is 38.9 Å². The first-order valence-corrected chi connectivity index (χ1v) is 10.6. The summed E-state index contributed by atoms with van der Waals surface area (Å²) in [6.07, 6.45) is 5.78. The van der Waals surface area contributed by atoms with E-state index in [2.05, 4.69) is 28.5 Å². The molecule has 0 unspecified atom stereocenters. The van der Waals surface area contributed by atoms with Gasteiger partial charge in [-0.3, -0.25) is 9.69 Å².